The molecule has 1 atom stereocenters. The molecule has 2 rings (SSSR count). The number of hydrogen-bond donors (Lipinski definition) is 1. The molecular formula is C14H13F2NO. The van der Waals surface area contributed by atoms with Gasteiger partial charge in [0.15, 0.2) is 0 Å². The van der Waals surface area contributed by atoms with Gasteiger partial charge in [-0.3, -0.25) is 4.98 Å². The molecule has 4 heteroatoms. The van der Waals surface area contributed by atoms with Crippen LogP contribution in [0.2, 0.25) is 0 Å². The number of alkyl halides is 2. The Morgan fingerprint density at radius 2 is 1.67 bits per heavy atom. The van der Waals surface area contributed by atoms with E-state index in [0.29, 0.717) is 11.1 Å². The number of aliphatic hydroxyl groups excluding tert-OH is 1. The molecule has 1 unspecified atom stereocenters. The van der Waals surface area contributed by atoms with Crippen molar-refractivity contribution >= 4 is 0 Å². The van der Waals surface area contributed by atoms with Crippen molar-refractivity contribution in [3.63, 3.8) is 0 Å². The molecule has 1 N–H and O–H groups in total. The maximum atomic E-state index is 12.4. The summed E-state index contributed by atoms with van der Waals surface area (Å²) >= 11 is 0. The van der Waals surface area contributed by atoms with E-state index in [9.17, 15) is 13.9 Å². The lowest BCUT2D eigenvalue weighted by molar-refractivity contribution is 0.151. The summed E-state index contributed by atoms with van der Waals surface area (Å²) in [6.45, 7) is 1.87. The zero-order chi connectivity index (χ0) is 13.1. The molecule has 1 aromatic carbocycles. The number of hydrogen-bond acceptors (Lipinski definition) is 2. The summed E-state index contributed by atoms with van der Waals surface area (Å²) in [6.07, 6.45) is -0.103. The van der Waals surface area contributed by atoms with Crippen LogP contribution in [0.25, 0.3) is 0 Å². The summed E-state index contributed by atoms with van der Waals surface area (Å²) in [4.78, 5) is 3.96. The number of aliphatic hydroxyl groups is 1. The molecule has 0 spiro atoms. The van der Waals surface area contributed by atoms with E-state index >= 15 is 0 Å². The van der Waals surface area contributed by atoms with Gasteiger partial charge in [-0.25, -0.2) is 8.78 Å². The number of aryl methyl sites for hydroxylation is 1. The van der Waals surface area contributed by atoms with Gasteiger partial charge in [0.05, 0.1) is 0 Å². The van der Waals surface area contributed by atoms with Gasteiger partial charge in [-0.15, -0.1) is 0 Å². The molecule has 0 saturated heterocycles. The molecule has 1 heterocycles. The van der Waals surface area contributed by atoms with Gasteiger partial charge in [0, 0.05) is 23.5 Å². The molecular weight excluding hydrogens is 236 g/mol. The first-order chi connectivity index (χ1) is 8.59. The quantitative estimate of drug-likeness (QED) is 0.904. The van der Waals surface area contributed by atoms with Crippen molar-refractivity contribution < 1.29 is 13.9 Å². The van der Waals surface area contributed by atoms with E-state index in [2.05, 4.69) is 4.98 Å². The monoisotopic (exact) mass is 249 g/mol. The van der Waals surface area contributed by atoms with Gasteiger partial charge in [0.1, 0.15) is 6.10 Å². The van der Waals surface area contributed by atoms with E-state index in [0.717, 1.165) is 5.56 Å². The van der Waals surface area contributed by atoms with E-state index in [4.69, 9.17) is 0 Å². The van der Waals surface area contributed by atoms with Crippen molar-refractivity contribution in [2.75, 3.05) is 0 Å². The predicted octanol–water partition coefficient (Wildman–Crippen LogP) is 3.41. The Kier molecular flexibility index (Phi) is 3.67. The maximum absolute atomic E-state index is 12.4. The smallest absolute Gasteiger partial charge is 0.263 e. The van der Waals surface area contributed by atoms with Crippen LogP contribution in [0.5, 0.6) is 0 Å². The van der Waals surface area contributed by atoms with Crippen molar-refractivity contribution in [3.05, 3.63) is 65.0 Å². The largest absolute Gasteiger partial charge is 0.384 e. The van der Waals surface area contributed by atoms with Crippen LogP contribution in [-0.2, 0) is 0 Å². The van der Waals surface area contributed by atoms with Crippen molar-refractivity contribution in [1.82, 2.24) is 4.98 Å². The summed E-state index contributed by atoms with van der Waals surface area (Å²) in [5.74, 6) is 0. The van der Waals surface area contributed by atoms with Gasteiger partial charge >= 0.3 is 0 Å². The molecule has 0 aliphatic heterocycles. The van der Waals surface area contributed by atoms with Gasteiger partial charge in [0.2, 0.25) is 0 Å². The van der Waals surface area contributed by atoms with Crippen molar-refractivity contribution in [2.24, 2.45) is 0 Å². The van der Waals surface area contributed by atoms with Crippen molar-refractivity contribution in [2.45, 2.75) is 19.5 Å². The van der Waals surface area contributed by atoms with Crippen LogP contribution in [0.1, 0.15) is 34.8 Å². The van der Waals surface area contributed by atoms with Crippen LogP contribution >= 0.6 is 0 Å². The van der Waals surface area contributed by atoms with E-state index in [1.165, 1.54) is 24.3 Å². The van der Waals surface area contributed by atoms with Crippen LogP contribution in [0, 0.1) is 6.92 Å². The van der Waals surface area contributed by atoms with Crippen LogP contribution in [0.4, 0.5) is 8.78 Å². The highest BCUT2D eigenvalue weighted by Crippen LogP contribution is 2.26. The predicted molar refractivity (Wildman–Crippen MR) is 64.4 cm³/mol. The zero-order valence-electron chi connectivity index (χ0n) is 9.85. The first kappa shape index (κ1) is 12.6. The fourth-order valence-electron chi connectivity index (χ4n) is 1.77. The molecule has 0 aliphatic rings. The first-order valence-corrected chi connectivity index (χ1v) is 5.56. The Labute approximate surface area is 104 Å². The molecule has 1 aromatic heterocycles. The molecule has 2 aromatic rings. The zero-order valence-corrected chi connectivity index (χ0v) is 9.85. The molecule has 18 heavy (non-hydrogen) atoms. The van der Waals surface area contributed by atoms with Crippen LogP contribution in [-0.4, -0.2) is 10.1 Å². The molecule has 0 fully saturated rings. The van der Waals surface area contributed by atoms with E-state index < -0.39 is 12.5 Å². The number of benzene rings is 1. The average molecular weight is 249 g/mol. The SMILES string of the molecule is Cc1ccncc1C(O)c1ccc(C(F)F)cc1. The van der Waals surface area contributed by atoms with Gasteiger partial charge in [-0.1, -0.05) is 24.3 Å². The average Bonchev–Trinajstić information content (AvgIpc) is 2.38. The minimum Gasteiger partial charge on any atom is -0.384 e. The molecule has 94 valence electrons. The van der Waals surface area contributed by atoms with Gasteiger partial charge in [0.25, 0.3) is 6.43 Å². The fourth-order valence-corrected chi connectivity index (χ4v) is 1.77. The number of pyridine rings is 1. The number of aromatic nitrogens is 1. The van der Waals surface area contributed by atoms with E-state index in [1.807, 2.05) is 6.92 Å². The highest BCUT2D eigenvalue weighted by Gasteiger charge is 2.14. The van der Waals surface area contributed by atoms with Gasteiger partial charge in [-0.2, -0.15) is 0 Å². The Bertz CT molecular complexity index is 526. The minimum absolute atomic E-state index is 0.0474. The summed E-state index contributed by atoms with van der Waals surface area (Å²) in [6, 6.07) is 7.48. The molecule has 0 radical (unpaired) electrons. The van der Waals surface area contributed by atoms with Gasteiger partial charge < -0.3 is 5.11 Å². The van der Waals surface area contributed by atoms with Crippen LogP contribution < -0.4 is 0 Å². The second kappa shape index (κ2) is 5.23. The lowest BCUT2D eigenvalue weighted by Gasteiger charge is -2.13. The standard InChI is InChI=1S/C14H13F2NO/c1-9-6-7-17-8-12(9)13(18)10-2-4-11(5-3-10)14(15)16/h2-8,13-14,18H,1H3. The van der Waals surface area contributed by atoms with E-state index in [-0.39, 0.29) is 5.56 Å². The van der Waals surface area contributed by atoms with Crippen molar-refractivity contribution in [3.8, 4) is 0 Å². The third-order valence-electron chi connectivity index (χ3n) is 2.88. The molecule has 0 aliphatic carbocycles. The second-order valence-corrected chi connectivity index (χ2v) is 4.10. The number of nitrogens with zero attached hydrogens (tertiary/aromatic N) is 1. The Hall–Kier alpha value is -1.81. The minimum atomic E-state index is -2.49. The Morgan fingerprint density at radius 3 is 2.22 bits per heavy atom. The third kappa shape index (κ3) is 2.54. The maximum Gasteiger partial charge on any atom is 0.263 e. The summed E-state index contributed by atoms with van der Waals surface area (Å²) in [5.41, 5.74) is 2.13. The Morgan fingerprint density at radius 1 is 1.06 bits per heavy atom. The fraction of sp³-hybridized carbons (Fsp3) is 0.214. The third-order valence-corrected chi connectivity index (χ3v) is 2.88. The second-order valence-electron chi connectivity index (χ2n) is 4.10. The summed E-state index contributed by atoms with van der Waals surface area (Å²) < 4.78 is 24.8. The van der Waals surface area contributed by atoms with Crippen LogP contribution in [0.15, 0.2) is 42.7 Å². The lowest BCUT2D eigenvalue weighted by Crippen LogP contribution is -2.02. The van der Waals surface area contributed by atoms with Crippen molar-refractivity contribution in [1.29, 1.82) is 0 Å². The first-order valence-electron chi connectivity index (χ1n) is 5.56. The molecule has 0 amide bonds. The summed E-state index contributed by atoms with van der Waals surface area (Å²) in [5, 5.41) is 10.2. The normalized spacial score (nSPS) is 12.7. The lowest BCUT2D eigenvalue weighted by atomic mass is 9.99. The number of halogens is 2. The van der Waals surface area contributed by atoms with Gasteiger partial charge in [-0.05, 0) is 24.1 Å². The molecule has 2 nitrogen and oxygen atoms in total. The van der Waals surface area contributed by atoms with E-state index in [1.54, 1.807) is 18.5 Å². The van der Waals surface area contributed by atoms with Crippen LogP contribution in [0.3, 0.4) is 0 Å². The number of rotatable bonds is 3. The highest BCUT2D eigenvalue weighted by molar-refractivity contribution is 5.34. The molecule has 0 saturated carbocycles. The topological polar surface area (TPSA) is 33.1 Å². The summed E-state index contributed by atoms with van der Waals surface area (Å²) in [7, 11) is 0. The highest BCUT2D eigenvalue weighted by atomic mass is 19.3. The Balaban J connectivity index is 2.29. The molecule has 0 bridgehead atoms.